The van der Waals surface area contributed by atoms with Crippen LogP contribution < -0.4 is 11.0 Å². The van der Waals surface area contributed by atoms with Crippen molar-refractivity contribution in [3.63, 3.8) is 0 Å². The molecule has 31 heavy (non-hydrogen) atoms. The third kappa shape index (κ3) is 4.42. The molecule has 9 heteroatoms. The first-order valence-corrected chi connectivity index (χ1v) is 12.2. The first-order chi connectivity index (χ1) is 14.7. The van der Waals surface area contributed by atoms with Gasteiger partial charge in [0.1, 0.15) is 11.2 Å². The highest BCUT2D eigenvalue weighted by molar-refractivity contribution is 7.89. The Kier molecular flexibility index (Phi) is 5.47. The third-order valence-electron chi connectivity index (χ3n) is 4.72. The molecule has 0 unspecified atom stereocenters. The van der Waals surface area contributed by atoms with Crippen molar-refractivity contribution >= 4 is 37.3 Å². The first-order valence-electron chi connectivity index (χ1n) is 9.37. The molecule has 0 saturated heterocycles. The summed E-state index contributed by atoms with van der Waals surface area (Å²) in [7, 11) is -3.16. The number of fused-ring (bicyclic) bond motifs is 1. The van der Waals surface area contributed by atoms with Crippen LogP contribution in [0.25, 0.3) is 21.3 Å². The van der Waals surface area contributed by atoms with Gasteiger partial charge in [0.05, 0.1) is 11.1 Å². The Balaban J connectivity index is 1.67. The molecule has 0 atom stereocenters. The number of benzene rings is 2. The Morgan fingerprint density at radius 3 is 2.42 bits per heavy atom. The van der Waals surface area contributed by atoms with Gasteiger partial charge in [0.2, 0.25) is 0 Å². The number of rotatable bonds is 5. The molecule has 0 aliphatic heterocycles. The van der Waals surface area contributed by atoms with Crippen molar-refractivity contribution in [3.8, 4) is 11.1 Å². The maximum atomic E-state index is 13.2. The molecule has 0 aliphatic rings. The smallest absolute Gasteiger partial charge is 0.267 e. The zero-order valence-electron chi connectivity index (χ0n) is 16.8. The van der Waals surface area contributed by atoms with E-state index < -0.39 is 15.7 Å². The summed E-state index contributed by atoms with van der Waals surface area (Å²) in [5.41, 5.74) is 4.81. The fraction of sp³-hybridized carbons (Fsp3) is 0.136. The van der Waals surface area contributed by atoms with E-state index in [1.54, 1.807) is 12.1 Å². The van der Waals surface area contributed by atoms with Crippen molar-refractivity contribution in [1.82, 2.24) is 9.66 Å². The van der Waals surface area contributed by atoms with Crippen molar-refractivity contribution < 1.29 is 13.2 Å². The maximum absolute atomic E-state index is 13.2. The van der Waals surface area contributed by atoms with E-state index >= 15 is 0 Å². The lowest BCUT2D eigenvalue weighted by Crippen LogP contribution is -2.33. The van der Waals surface area contributed by atoms with Crippen LogP contribution in [0, 0.1) is 6.92 Å². The highest BCUT2D eigenvalue weighted by atomic mass is 32.2. The molecule has 0 bridgehead atoms. The number of hydrogen-bond acceptors (Lipinski definition) is 6. The predicted octanol–water partition coefficient (Wildman–Crippen LogP) is 3.36. The number of carbonyl (C=O) groups is 1. The average Bonchev–Trinajstić information content (AvgIpc) is 3.07. The van der Waals surface area contributed by atoms with Crippen molar-refractivity contribution in [3.05, 3.63) is 87.3 Å². The Morgan fingerprint density at radius 2 is 1.77 bits per heavy atom. The van der Waals surface area contributed by atoms with Crippen LogP contribution in [0.5, 0.6) is 0 Å². The number of nitrogens with one attached hydrogen (secondary N) is 1. The summed E-state index contributed by atoms with van der Waals surface area (Å²) in [5, 5.41) is 0.458. The van der Waals surface area contributed by atoms with E-state index in [2.05, 4.69) is 10.4 Å². The van der Waals surface area contributed by atoms with Crippen LogP contribution in [-0.4, -0.2) is 30.2 Å². The second-order valence-corrected chi connectivity index (χ2v) is 10.6. The molecule has 2 aromatic carbocycles. The standard InChI is InChI=1S/C22H19N3O4S2/c1-14-18(16-6-4-3-5-7-16)19-21(30-14)23-13-25(22(19)27)24-20(26)17-10-8-15(9-11-17)12-31(2,28)29/h3-11,13H,12H2,1-2H3,(H,24,26). The Labute approximate surface area is 182 Å². The Bertz CT molecular complexity index is 1440. The van der Waals surface area contributed by atoms with E-state index in [1.165, 1.54) is 29.8 Å². The number of amides is 1. The maximum Gasteiger partial charge on any atom is 0.281 e. The summed E-state index contributed by atoms with van der Waals surface area (Å²) in [6, 6.07) is 15.8. The van der Waals surface area contributed by atoms with Gasteiger partial charge in [-0.2, -0.15) is 0 Å². The lowest BCUT2D eigenvalue weighted by Gasteiger charge is -2.09. The van der Waals surface area contributed by atoms with Crippen molar-refractivity contribution in [2.45, 2.75) is 12.7 Å². The molecule has 1 N–H and O–H groups in total. The molecule has 0 aliphatic carbocycles. The van der Waals surface area contributed by atoms with Crippen molar-refractivity contribution in [1.29, 1.82) is 0 Å². The van der Waals surface area contributed by atoms with Crippen LogP contribution in [0.3, 0.4) is 0 Å². The zero-order chi connectivity index (χ0) is 22.2. The van der Waals surface area contributed by atoms with Gasteiger partial charge >= 0.3 is 0 Å². The molecule has 4 rings (SSSR count). The summed E-state index contributed by atoms with van der Waals surface area (Å²) in [6.07, 6.45) is 2.45. The second kappa shape index (κ2) is 8.09. The van der Waals surface area contributed by atoms with Gasteiger partial charge in [0.15, 0.2) is 9.84 Å². The highest BCUT2D eigenvalue weighted by Gasteiger charge is 2.18. The van der Waals surface area contributed by atoms with Crippen LogP contribution in [0.15, 0.2) is 65.7 Å². The van der Waals surface area contributed by atoms with Gasteiger partial charge in [-0.1, -0.05) is 42.5 Å². The second-order valence-electron chi connectivity index (χ2n) is 7.21. The van der Waals surface area contributed by atoms with Crippen LogP contribution in [0.4, 0.5) is 0 Å². The van der Waals surface area contributed by atoms with E-state index in [9.17, 15) is 18.0 Å². The molecular formula is C22H19N3O4S2. The largest absolute Gasteiger partial charge is 0.281 e. The van der Waals surface area contributed by atoms with Gasteiger partial charge in [-0.25, -0.2) is 18.1 Å². The first kappa shape index (κ1) is 21.0. The molecule has 7 nitrogen and oxygen atoms in total. The fourth-order valence-corrected chi connectivity index (χ4v) is 5.16. The van der Waals surface area contributed by atoms with Crippen LogP contribution >= 0.6 is 11.3 Å². The molecule has 0 saturated carbocycles. The lowest BCUT2D eigenvalue weighted by molar-refractivity contribution is 0.101. The van der Waals surface area contributed by atoms with E-state index in [0.29, 0.717) is 21.3 Å². The average molecular weight is 454 g/mol. The number of sulfone groups is 1. The SMILES string of the molecule is Cc1sc2ncn(NC(=O)c3ccc(CS(C)(=O)=O)cc3)c(=O)c2c1-c1ccccc1. The monoisotopic (exact) mass is 453 g/mol. The molecule has 0 fully saturated rings. The van der Waals surface area contributed by atoms with Gasteiger partial charge < -0.3 is 0 Å². The highest BCUT2D eigenvalue weighted by Crippen LogP contribution is 2.35. The third-order valence-corrected chi connectivity index (χ3v) is 6.59. The van der Waals surface area contributed by atoms with Gasteiger partial charge in [-0.05, 0) is 30.2 Å². The summed E-state index contributed by atoms with van der Waals surface area (Å²) >= 11 is 1.43. The molecule has 0 radical (unpaired) electrons. The van der Waals surface area contributed by atoms with Gasteiger partial charge in [-0.3, -0.25) is 15.0 Å². The van der Waals surface area contributed by atoms with Gasteiger partial charge in [-0.15, -0.1) is 11.3 Å². The Hall–Kier alpha value is -3.30. The zero-order valence-corrected chi connectivity index (χ0v) is 18.5. The van der Waals surface area contributed by atoms with E-state index in [0.717, 1.165) is 26.9 Å². The van der Waals surface area contributed by atoms with E-state index in [-0.39, 0.29) is 11.3 Å². The molecule has 0 spiro atoms. The van der Waals surface area contributed by atoms with Crippen molar-refractivity contribution in [2.75, 3.05) is 11.7 Å². The quantitative estimate of drug-likeness (QED) is 0.500. The molecule has 2 heterocycles. The van der Waals surface area contributed by atoms with Crippen LogP contribution in [0.1, 0.15) is 20.8 Å². The topological polar surface area (TPSA) is 98.1 Å². The number of aryl methyl sites for hydroxylation is 1. The predicted molar refractivity (Wildman–Crippen MR) is 123 cm³/mol. The lowest BCUT2D eigenvalue weighted by atomic mass is 10.0. The minimum Gasteiger partial charge on any atom is -0.267 e. The van der Waals surface area contributed by atoms with Crippen molar-refractivity contribution in [2.24, 2.45) is 0 Å². The summed E-state index contributed by atoms with van der Waals surface area (Å²) in [4.78, 5) is 31.7. The minimum atomic E-state index is -3.16. The van der Waals surface area contributed by atoms with E-state index in [4.69, 9.17) is 0 Å². The number of nitrogens with zero attached hydrogens (tertiary/aromatic N) is 2. The number of thiophene rings is 1. The van der Waals surface area contributed by atoms with Crippen LogP contribution in [-0.2, 0) is 15.6 Å². The molecule has 158 valence electrons. The summed E-state index contributed by atoms with van der Waals surface area (Å²) < 4.78 is 23.9. The fourth-order valence-electron chi connectivity index (χ4n) is 3.36. The Morgan fingerprint density at radius 1 is 1.10 bits per heavy atom. The molecule has 4 aromatic rings. The number of carbonyl (C=O) groups excluding carboxylic acids is 1. The van der Waals surface area contributed by atoms with Gasteiger partial charge in [0, 0.05) is 22.3 Å². The molecule has 1 amide bonds. The number of hydrogen-bond donors (Lipinski definition) is 1. The normalized spacial score (nSPS) is 11.5. The summed E-state index contributed by atoms with van der Waals surface area (Å²) in [5.74, 6) is -0.600. The number of aromatic nitrogens is 2. The van der Waals surface area contributed by atoms with Crippen LogP contribution in [0.2, 0.25) is 0 Å². The van der Waals surface area contributed by atoms with Gasteiger partial charge in [0.25, 0.3) is 11.5 Å². The molecule has 2 aromatic heterocycles. The molecular weight excluding hydrogens is 434 g/mol. The summed E-state index contributed by atoms with van der Waals surface area (Å²) in [6.45, 7) is 1.94. The minimum absolute atomic E-state index is 0.102. The van der Waals surface area contributed by atoms with E-state index in [1.807, 2.05) is 37.3 Å².